The van der Waals surface area contributed by atoms with Gasteiger partial charge in [0.25, 0.3) is 0 Å². The smallest absolute Gasteiger partial charge is 0.0448 e. The zero-order valence-corrected chi connectivity index (χ0v) is 29.7. The summed E-state index contributed by atoms with van der Waals surface area (Å²) in [7, 11) is 0. The summed E-state index contributed by atoms with van der Waals surface area (Å²) in [6.45, 7) is 0. The van der Waals surface area contributed by atoms with Crippen LogP contribution in [0.15, 0.2) is 158 Å². The van der Waals surface area contributed by atoms with Gasteiger partial charge >= 0.3 is 0 Å². The predicted molar refractivity (Wildman–Crippen MR) is 228 cm³/mol. The standard InChI is InChI=1S/C48H26S3/c1-2-10-30-27(9-1)17-21-38-46-42(51-47(30)38)24-22-37-39-25-28(19-23-41(39)50-48(37)46)44-33-12-3-5-14-35(33)45(36-15-6-4-13-34(36)44)29-18-20-32-31-11-7-8-16-40(31)49-43(32)26-29/h1-26H. The van der Waals surface area contributed by atoms with Crippen molar-refractivity contribution in [3.63, 3.8) is 0 Å². The minimum atomic E-state index is 1.27. The summed E-state index contributed by atoms with van der Waals surface area (Å²) in [4.78, 5) is 0. The lowest BCUT2D eigenvalue weighted by Crippen LogP contribution is -1.90. The summed E-state index contributed by atoms with van der Waals surface area (Å²) < 4.78 is 8.15. The predicted octanol–water partition coefficient (Wildman–Crippen LogP) is 15.6. The molecular formula is C48H26S3. The van der Waals surface area contributed by atoms with E-state index in [0.29, 0.717) is 0 Å². The third-order valence-corrected chi connectivity index (χ3v) is 14.4. The van der Waals surface area contributed by atoms with Crippen LogP contribution in [0, 0.1) is 0 Å². The summed E-state index contributed by atoms with van der Waals surface area (Å²) in [6.07, 6.45) is 0. The molecule has 0 N–H and O–H groups in total. The maximum absolute atomic E-state index is 2.46. The Bertz CT molecular complexity index is 3370. The molecule has 0 spiro atoms. The maximum atomic E-state index is 2.46. The van der Waals surface area contributed by atoms with Gasteiger partial charge in [0.15, 0.2) is 0 Å². The maximum Gasteiger partial charge on any atom is 0.0448 e. The topological polar surface area (TPSA) is 0 Å². The van der Waals surface area contributed by atoms with E-state index in [2.05, 4.69) is 158 Å². The summed E-state index contributed by atoms with van der Waals surface area (Å²) in [6, 6.07) is 59.2. The molecule has 0 nitrogen and oxygen atoms in total. The van der Waals surface area contributed by atoms with E-state index in [1.54, 1.807) is 0 Å². The van der Waals surface area contributed by atoms with Crippen molar-refractivity contribution in [3.05, 3.63) is 158 Å². The monoisotopic (exact) mass is 698 g/mol. The highest BCUT2D eigenvalue weighted by Gasteiger charge is 2.20. The van der Waals surface area contributed by atoms with Gasteiger partial charge in [-0.15, -0.1) is 34.0 Å². The Morgan fingerprint density at radius 1 is 0.275 bits per heavy atom. The molecule has 3 heteroatoms. The fraction of sp³-hybridized carbons (Fsp3) is 0. The third-order valence-electron chi connectivity index (χ3n) is 10.8. The molecule has 0 fully saturated rings. The molecule has 0 aliphatic carbocycles. The first kappa shape index (κ1) is 28.2. The number of benzene rings is 9. The average molecular weight is 699 g/mol. The average Bonchev–Trinajstić information content (AvgIpc) is 3.87. The fourth-order valence-corrected chi connectivity index (χ4v) is 12.3. The zero-order valence-electron chi connectivity index (χ0n) is 27.2. The van der Waals surface area contributed by atoms with Crippen molar-refractivity contribution in [2.24, 2.45) is 0 Å². The summed E-state index contributed by atoms with van der Waals surface area (Å²) in [5.74, 6) is 0. The molecule has 51 heavy (non-hydrogen) atoms. The van der Waals surface area contributed by atoms with Crippen LogP contribution in [0.3, 0.4) is 0 Å². The number of hydrogen-bond donors (Lipinski definition) is 0. The molecule has 3 heterocycles. The lowest BCUT2D eigenvalue weighted by Gasteiger charge is -2.18. The lowest BCUT2D eigenvalue weighted by atomic mass is 9.85. The van der Waals surface area contributed by atoms with Crippen LogP contribution in [-0.2, 0) is 0 Å². The number of rotatable bonds is 2. The Morgan fingerprint density at radius 2 is 0.804 bits per heavy atom. The lowest BCUT2D eigenvalue weighted by molar-refractivity contribution is 1.70. The Balaban J connectivity index is 1.11. The van der Waals surface area contributed by atoms with Crippen LogP contribution in [0.1, 0.15) is 0 Å². The first-order chi connectivity index (χ1) is 25.3. The summed E-state index contributed by atoms with van der Waals surface area (Å²) in [5, 5.41) is 15.9. The van der Waals surface area contributed by atoms with Gasteiger partial charge in [0, 0.05) is 60.5 Å². The van der Waals surface area contributed by atoms with Gasteiger partial charge in [-0.1, -0.05) is 127 Å². The minimum absolute atomic E-state index is 1.27. The van der Waals surface area contributed by atoms with Crippen LogP contribution in [0.2, 0.25) is 0 Å². The number of thiophene rings is 3. The van der Waals surface area contributed by atoms with Gasteiger partial charge in [-0.05, 0) is 84.9 Å². The van der Waals surface area contributed by atoms with E-state index in [1.807, 2.05) is 34.0 Å². The van der Waals surface area contributed by atoms with Crippen LogP contribution < -0.4 is 0 Å². The van der Waals surface area contributed by atoms with Crippen molar-refractivity contribution in [2.45, 2.75) is 0 Å². The van der Waals surface area contributed by atoms with Gasteiger partial charge in [-0.25, -0.2) is 0 Å². The number of fused-ring (bicyclic) bond motifs is 14. The molecule has 0 bridgehead atoms. The molecule has 12 rings (SSSR count). The Morgan fingerprint density at radius 3 is 1.57 bits per heavy atom. The highest BCUT2D eigenvalue weighted by atomic mass is 32.1. The SMILES string of the molecule is c1ccc2c(c1)ccc1c2sc2ccc3c4cc(-c5c6ccccc6c(-c6ccc7c(c6)sc6ccccc67)c6ccccc56)ccc4sc3c21. The second-order valence-electron chi connectivity index (χ2n) is 13.5. The van der Waals surface area contributed by atoms with Crippen molar-refractivity contribution >= 4 is 127 Å². The van der Waals surface area contributed by atoms with Crippen LogP contribution in [0.5, 0.6) is 0 Å². The second kappa shape index (κ2) is 10.5. The normalized spacial score (nSPS) is 12.3. The molecule has 9 aromatic carbocycles. The van der Waals surface area contributed by atoms with Crippen LogP contribution in [-0.4, -0.2) is 0 Å². The molecule has 0 amide bonds. The van der Waals surface area contributed by atoms with E-state index in [-0.39, 0.29) is 0 Å². The zero-order chi connectivity index (χ0) is 33.2. The summed E-state index contributed by atoms with van der Waals surface area (Å²) >= 11 is 5.75. The molecule has 236 valence electrons. The molecule has 12 aromatic rings. The number of hydrogen-bond acceptors (Lipinski definition) is 3. The van der Waals surface area contributed by atoms with E-state index in [4.69, 9.17) is 0 Å². The van der Waals surface area contributed by atoms with Crippen molar-refractivity contribution < 1.29 is 0 Å². The fourth-order valence-electron chi connectivity index (χ4n) is 8.61. The van der Waals surface area contributed by atoms with Gasteiger partial charge in [0.2, 0.25) is 0 Å². The Hall–Kier alpha value is -5.58. The van der Waals surface area contributed by atoms with Crippen molar-refractivity contribution in [1.82, 2.24) is 0 Å². The Labute approximate surface area is 305 Å². The van der Waals surface area contributed by atoms with E-state index in [1.165, 1.54) is 115 Å². The van der Waals surface area contributed by atoms with Gasteiger partial charge in [0.05, 0.1) is 0 Å². The van der Waals surface area contributed by atoms with Gasteiger partial charge in [0.1, 0.15) is 0 Å². The molecule has 0 atom stereocenters. The quantitative estimate of drug-likeness (QED) is 0.158. The molecule has 0 aliphatic heterocycles. The largest absolute Gasteiger partial charge is 0.135 e. The highest BCUT2D eigenvalue weighted by molar-refractivity contribution is 7.30. The first-order valence-electron chi connectivity index (χ1n) is 17.3. The molecular weight excluding hydrogens is 673 g/mol. The molecule has 0 saturated carbocycles. The van der Waals surface area contributed by atoms with Crippen LogP contribution >= 0.6 is 34.0 Å². The van der Waals surface area contributed by atoms with E-state index < -0.39 is 0 Å². The van der Waals surface area contributed by atoms with Crippen LogP contribution in [0.25, 0.3) is 115 Å². The first-order valence-corrected chi connectivity index (χ1v) is 19.8. The Kier molecular flexibility index (Phi) is 5.78. The molecule has 0 saturated heterocycles. The van der Waals surface area contributed by atoms with Gasteiger partial charge in [-0.2, -0.15) is 0 Å². The van der Waals surface area contributed by atoms with E-state index in [9.17, 15) is 0 Å². The van der Waals surface area contributed by atoms with E-state index in [0.717, 1.165) is 0 Å². The second-order valence-corrected chi connectivity index (χ2v) is 16.7. The minimum Gasteiger partial charge on any atom is -0.135 e. The third kappa shape index (κ3) is 3.94. The highest BCUT2D eigenvalue weighted by Crippen LogP contribution is 2.49. The van der Waals surface area contributed by atoms with Crippen molar-refractivity contribution in [2.75, 3.05) is 0 Å². The summed E-state index contributed by atoms with van der Waals surface area (Å²) in [5.41, 5.74) is 5.16. The molecule has 0 aliphatic rings. The molecule has 3 aromatic heterocycles. The van der Waals surface area contributed by atoms with Crippen LogP contribution in [0.4, 0.5) is 0 Å². The van der Waals surface area contributed by atoms with Crippen molar-refractivity contribution in [3.8, 4) is 22.3 Å². The van der Waals surface area contributed by atoms with E-state index >= 15 is 0 Å². The van der Waals surface area contributed by atoms with Gasteiger partial charge < -0.3 is 0 Å². The molecule has 0 radical (unpaired) electrons. The van der Waals surface area contributed by atoms with Crippen molar-refractivity contribution in [1.29, 1.82) is 0 Å². The van der Waals surface area contributed by atoms with Gasteiger partial charge in [-0.3, -0.25) is 0 Å². The molecule has 0 unspecified atom stereocenters.